The number of nitrogens with two attached hydrogens (primary N) is 1. The summed E-state index contributed by atoms with van der Waals surface area (Å²) in [7, 11) is 0. The van der Waals surface area contributed by atoms with E-state index in [1.807, 2.05) is 11.6 Å². The molecule has 0 bridgehead atoms. The molecule has 68 valence electrons. The summed E-state index contributed by atoms with van der Waals surface area (Å²) >= 11 is 1.69. The van der Waals surface area contributed by atoms with Gasteiger partial charge in [0.2, 0.25) is 0 Å². The van der Waals surface area contributed by atoms with Crippen LogP contribution in [0.15, 0.2) is 11.6 Å². The highest BCUT2D eigenvalue weighted by Gasteiger charge is 1.92. The van der Waals surface area contributed by atoms with Gasteiger partial charge in [-0.3, -0.25) is 0 Å². The zero-order valence-electron chi connectivity index (χ0n) is 7.12. The van der Waals surface area contributed by atoms with Gasteiger partial charge in [0.15, 0.2) is 0 Å². The zero-order chi connectivity index (χ0) is 8.65. The number of hydrogen-bond donors (Lipinski definition) is 2. The van der Waals surface area contributed by atoms with Gasteiger partial charge in [0, 0.05) is 18.1 Å². The van der Waals surface area contributed by atoms with Gasteiger partial charge in [-0.25, -0.2) is 4.98 Å². The minimum absolute atomic E-state index is 0.791. The fourth-order valence-corrected chi connectivity index (χ4v) is 1.52. The van der Waals surface area contributed by atoms with E-state index < -0.39 is 0 Å². The predicted octanol–water partition coefficient (Wildman–Crippen LogP) is 0.972. The van der Waals surface area contributed by atoms with Gasteiger partial charge in [-0.2, -0.15) is 0 Å². The van der Waals surface area contributed by atoms with Crippen molar-refractivity contribution in [2.45, 2.75) is 19.4 Å². The molecule has 1 aromatic rings. The molecule has 0 aliphatic rings. The quantitative estimate of drug-likeness (QED) is 0.649. The molecule has 3 nitrogen and oxygen atoms in total. The van der Waals surface area contributed by atoms with Crippen LogP contribution in [0.3, 0.4) is 0 Å². The van der Waals surface area contributed by atoms with Crippen LogP contribution in [0.2, 0.25) is 0 Å². The first-order chi connectivity index (χ1) is 5.93. The van der Waals surface area contributed by atoms with E-state index in [0.29, 0.717) is 0 Å². The van der Waals surface area contributed by atoms with E-state index >= 15 is 0 Å². The molecule has 1 aromatic heterocycles. The molecule has 4 heteroatoms. The second-order valence-corrected chi connectivity index (χ2v) is 3.58. The standard InChI is InChI=1S/C8H15N3S/c9-3-1-2-4-10-7-8-11-5-6-12-8/h5-6,10H,1-4,7,9H2. The van der Waals surface area contributed by atoms with Crippen LogP contribution in [0, 0.1) is 0 Å². The van der Waals surface area contributed by atoms with Crippen LogP contribution in [0.25, 0.3) is 0 Å². The summed E-state index contributed by atoms with van der Waals surface area (Å²) in [6.07, 6.45) is 4.09. The Morgan fingerprint density at radius 2 is 2.42 bits per heavy atom. The maximum absolute atomic E-state index is 5.37. The summed E-state index contributed by atoms with van der Waals surface area (Å²) in [6, 6.07) is 0. The van der Waals surface area contributed by atoms with E-state index in [1.54, 1.807) is 11.3 Å². The third-order valence-electron chi connectivity index (χ3n) is 1.57. The Morgan fingerprint density at radius 3 is 3.08 bits per heavy atom. The number of nitrogens with zero attached hydrogens (tertiary/aromatic N) is 1. The van der Waals surface area contributed by atoms with Gasteiger partial charge in [-0.1, -0.05) is 0 Å². The lowest BCUT2D eigenvalue weighted by atomic mass is 10.3. The Kier molecular flexibility index (Phi) is 4.91. The van der Waals surface area contributed by atoms with Crippen molar-refractivity contribution < 1.29 is 0 Å². The van der Waals surface area contributed by atoms with Crippen LogP contribution in [0.5, 0.6) is 0 Å². The highest BCUT2D eigenvalue weighted by molar-refractivity contribution is 7.09. The average Bonchev–Trinajstić information content (AvgIpc) is 2.57. The number of aromatic nitrogens is 1. The minimum atomic E-state index is 0.791. The first-order valence-electron chi connectivity index (χ1n) is 4.22. The van der Waals surface area contributed by atoms with Gasteiger partial charge in [-0.05, 0) is 25.9 Å². The maximum atomic E-state index is 5.37. The molecule has 0 fully saturated rings. The van der Waals surface area contributed by atoms with E-state index in [2.05, 4.69) is 10.3 Å². The molecule has 0 amide bonds. The predicted molar refractivity (Wildman–Crippen MR) is 52.1 cm³/mol. The molecule has 0 aliphatic heterocycles. The lowest BCUT2D eigenvalue weighted by molar-refractivity contribution is 0.626. The SMILES string of the molecule is NCCCCNCc1nccs1. The van der Waals surface area contributed by atoms with Crippen molar-refractivity contribution in [2.24, 2.45) is 5.73 Å². The molecular weight excluding hydrogens is 170 g/mol. The molecule has 12 heavy (non-hydrogen) atoms. The summed E-state index contributed by atoms with van der Waals surface area (Å²) in [5.74, 6) is 0. The van der Waals surface area contributed by atoms with Crippen molar-refractivity contribution in [3.8, 4) is 0 Å². The molecule has 0 saturated heterocycles. The molecule has 0 radical (unpaired) electrons. The average molecular weight is 185 g/mol. The fourth-order valence-electron chi connectivity index (χ4n) is 0.930. The third kappa shape index (κ3) is 3.80. The third-order valence-corrected chi connectivity index (χ3v) is 2.35. The van der Waals surface area contributed by atoms with Crippen molar-refractivity contribution in [3.05, 3.63) is 16.6 Å². The Hall–Kier alpha value is -0.450. The van der Waals surface area contributed by atoms with Crippen LogP contribution < -0.4 is 11.1 Å². The van der Waals surface area contributed by atoms with Gasteiger partial charge in [0.25, 0.3) is 0 Å². The Bertz CT molecular complexity index is 186. The molecule has 0 saturated carbocycles. The largest absolute Gasteiger partial charge is 0.330 e. The van der Waals surface area contributed by atoms with E-state index in [1.165, 1.54) is 0 Å². The van der Waals surface area contributed by atoms with E-state index in [4.69, 9.17) is 5.73 Å². The summed E-state index contributed by atoms with van der Waals surface area (Å²) in [5, 5.41) is 6.47. The van der Waals surface area contributed by atoms with Gasteiger partial charge >= 0.3 is 0 Å². The molecule has 1 rings (SSSR count). The van der Waals surface area contributed by atoms with Crippen molar-refractivity contribution in [2.75, 3.05) is 13.1 Å². The molecule has 1 heterocycles. The van der Waals surface area contributed by atoms with Crippen molar-refractivity contribution in [3.63, 3.8) is 0 Å². The molecule has 0 aliphatic carbocycles. The van der Waals surface area contributed by atoms with Crippen LogP contribution >= 0.6 is 11.3 Å². The first-order valence-corrected chi connectivity index (χ1v) is 5.10. The molecule has 0 atom stereocenters. The van der Waals surface area contributed by atoms with Crippen molar-refractivity contribution in [1.82, 2.24) is 10.3 Å². The number of thiazole rings is 1. The van der Waals surface area contributed by atoms with Gasteiger partial charge in [-0.15, -0.1) is 11.3 Å². The van der Waals surface area contributed by atoms with Gasteiger partial charge < -0.3 is 11.1 Å². The number of unbranched alkanes of at least 4 members (excludes halogenated alkanes) is 1. The summed E-state index contributed by atoms with van der Waals surface area (Å²) in [5.41, 5.74) is 5.37. The Morgan fingerprint density at radius 1 is 1.50 bits per heavy atom. The number of nitrogens with one attached hydrogen (secondary N) is 1. The van der Waals surface area contributed by atoms with Gasteiger partial charge in [0.1, 0.15) is 5.01 Å². The zero-order valence-corrected chi connectivity index (χ0v) is 7.94. The Balaban J connectivity index is 1.96. The van der Waals surface area contributed by atoms with Crippen LogP contribution in [-0.4, -0.2) is 18.1 Å². The highest BCUT2D eigenvalue weighted by atomic mass is 32.1. The molecular formula is C8H15N3S. The second-order valence-electron chi connectivity index (χ2n) is 2.60. The van der Waals surface area contributed by atoms with Crippen molar-refractivity contribution in [1.29, 1.82) is 0 Å². The number of hydrogen-bond acceptors (Lipinski definition) is 4. The van der Waals surface area contributed by atoms with Crippen LogP contribution in [0.4, 0.5) is 0 Å². The molecule has 0 spiro atoms. The number of rotatable bonds is 6. The second kappa shape index (κ2) is 6.11. The smallest absolute Gasteiger partial charge is 0.106 e. The lowest BCUT2D eigenvalue weighted by Crippen LogP contribution is -2.15. The summed E-state index contributed by atoms with van der Waals surface area (Å²) < 4.78 is 0. The first kappa shape index (κ1) is 9.64. The topological polar surface area (TPSA) is 50.9 Å². The Labute approximate surface area is 77.0 Å². The highest BCUT2D eigenvalue weighted by Crippen LogP contribution is 2.02. The fraction of sp³-hybridized carbons (Fsp3) is 0.625. The maximum Gasteiger partial charge on any atom is 0.106 e. The normalized spacial score (nSPS) is 10.4. The monoisotopic (exact) mass is 185 g/mol. The van der Waals surface area contributed by atoms with E-state index in [-0.39, 0.29) is 0 Å². The molecule has 0 aromatic carbocycles. The van der Waals surface area contributed by atoms with E-state index in [0.717, 1.165) is 37.5 Å². The van der Waals surface area contributed by atoms with Crippen LogP contribution in [-0.2, 0) is 6.54 Å². The molecule has 3 N–H and O–H groups in total. The van der Waals surface area contributed by atoms with Crippen LogP contribution in [0.1, 0.15) is 17.8 Å². The summed E-state index contributed by atoms with van der Waals surface area (Å²) in [6.45, 7) is 2.72. The van der Waals surface area contributed by atoms with Crippen molar-refractivity contribution >= 4 is 11.3 Å². The summed E-state index contributed by atoms with van der Waals surface area (Å²) in [4.78, 5) is 4.17. The lowest BCUT2D eigenvalue weighted by Gasteiger charge is -2.00. The molecule has 0 unspecified atom stereocenters. The minimum Gasteiger partial charge on any atom is -0.330 e. The van der Waals surface area contributed by atoms with Gasteiger partial charge in [0.05, 0.1) is 0 Å². The van der Waals surface area contributed by atoms with E-state index in [9.17, 15) is 0 Å².